The second-order valence-electron chi connectivity index (χ2n) is 8.79. The van der Waals surface area contributed by atoms with Crippen molar-refractivity contribution >= 4 is 28.5 Å². The summed E-state index contributed by atoms with van der Waals surface area (Å²) in [6, 6.07) is 13.7. The first-order valence-electron chi connectivity index (χ1n) is 10.4. The van der Waals surface area contributed by atoms with Crippen LogP contribution in [-0.4, -0.2) is 15.6 Å². The third-order valence-corrected chi connectivity index (χ3v) is 6.26. The molecule has 8 heteroatoms. The summed E-state index contributed by atoms with van der Waals surface area (Å²) in [6.07, 6.45) is 0.131. The first-order chi connectivity index (χ1) is 16.1. The fraction of sp³-hybridized carbons (Fsp3) is 0.154. The lowest BCUT2D eigenvalue weighted by Crippen LogP contribution is -2.22. The topological polar surface area (TPSA) is 75.2 Å². The quantitative estimate of drug-likeness (QED) is 0.296. The van der Waals surface area contributed by atoms with Crippen molar-refractivity contribution in [3.05, 3.63) is 76.4 Å². The molecule has 0 radical (unpaired) electrons. The van der Waals surface area contributed by atoms with E-state index in [-0.39, 0.29) is 12.0 Å². The van der Waals surface area contributed by atoms with Crippen molar-refractivity contribution in [2.24, 2.45) is 0 Å². The van der Waals surface area contributed by atoms with E-state index in [0.29, 0.717) is 44.4 Å². The van der Waals surface area contributed by atoms with Gasteiger partial charge in [0.25, 0.3) is 0 Å². The third kappa shape index (κ3) is 3.22. The second kappa shape index (κ2) is 7.57. The van der Waals surface area contributed by atoms with E-state index in [9.17, 15) is 23.9 Å². The first-order valence-corrected chi connectivity index (χ1v) is 10.8. The van der Waals surface area contributed by atoms with Crippen LogP contribution in [0.15, 0.2) is 48.5 Å². The highest BCUT2D eigenvalue weighted by Gasteiger charge is 2.36. The summed E-state index contributed by atoms with van der Waals surface area (Å²) in [5.41, 5.74) is 2.30. The zero-order valence-electron chi connectivity index (χ0n) is 18.1. The van der Waals surface area contributed by atoms with Crippen molar-refractivity contribution in [1.82, 2.24) is 4.57 Å². The van der Waals surface area contributed by atoms with Crippen LogP contribution in [-0.2, 0) is 5.41 Å². The summed E-state index contributed by atoms with van der Waals surface area (Å²) in [5.74, 6) is -2.35. The number of carboxylic acids is 1. The summed E-state index contributed by atoms with van der Waals surface area (Å²) in [5, 5.41) is 20.1. The normalized spacial score (nSPS) is 12.2. The minimum atomic E-state index is -1.10. The molecule has 4 aromatic rings. The molecule has 0 spiro atoms. The summed E-state index contributed by atoms with van der Waals surface area (Å²) < 4.78 is 35.9. The van der Waals surface area contributed by atoms with Crippen LogP contribution in [0.3, 0.4) is 0 Å². The monoisotopic (exact) mass is 478 g/mol. The minimum absolute atomic E-state index is 0.0540. The van der Waals surface area contributed by atoms with Crippen molar-refractivity contribution in [3.63, 3.8) is 0 Å². The largest absolute Gasteiger partial charge is 0.478 e. The second-order valence-corrected chi connectivity index (χ2v) is 9.23. The molecule has 3 aromatic carbocycles. The van der Waals surface area contributed by atoms with Crippen molar-refractivity contribution in [3.8, 4) is 34.4 Å². The molecule has 1 aliphatic heterocycles. The highest BCUT2D eigenvalue weighted by molar-refractivity contribution is 6.32. The summed E-state index contributed by atoms with van der Waals surface area (Å²) in [6.45, 7) is 3.78. The van der Waals surface area contributed by atoms with E-state index in [1.54, 1.807) is 22.8 Å². The molecular weight excluding hydrogens is 462 g/mol. The highest BCUT2D eigenvalue weighted by atomic mass is 35.5. The highest BCUT2D eigenvalue weighted by Crippen LogP contribution is 2.54. The van der Waals surface area contributed by atoms with Crippen LogP contribution in [0.25, 0.3) is 27.7 Å². The molecule has 1 aliphatic rings. The van der Waals surface area contributed by atoms with E-state index in [1.807, 2.05) is 13.8 Å². The molecule has 0 atom stereocenters. The summed E-state index contributed by atoms with van der Waals surface area (Å²) in [4.78, 5) is 11.6. The lowest BCUT2D eigenvalue weighted by Gasteiger charge is -2.27. The number of fused-ring (bicyclic) bond motifs is 2. The number of hydrogen-bond donors (Lipinski definition) is 1. The van der Waals surface area contributed by atoms with Gasteiger partial charge in [-0.15, -0.1) is 0 Å². The first kappa shape index (κ1) is 21.9. The molecule has 0 amide bonds. The van der Waals surface area contributed by atoms with Gasteiger partial charge < -0.3 is 14.4 Å². The number of halogens is 3. The molecule has 1 N–H and O–H groups in total. The molecule has 0 bridgehead atoms. The van der Waals surface area contributed by atoms with Gasteiger partial charge in [-0.25, -0.2) is 13.6 Å². The predicted molar refractivity (Wildman–Crippen MR) is 124 cm³/mol. The van der Waals surface area contributed by atoms with E-state index < -0.39 is 23.0 Å². The van der Waals surface area contributed by atoms with E-state index >= 15 is 0 Å². The Bertz CT molecular complexity index is 1570. The van der Waals surface area contributed by atoms with Crippen LogP contribution >= 0.6 is 11.6 Å². The molecule has 0 unspecified atom stereocenters. The number of rotatable bonds is 4. The molecule has 0 saturated carbocycles. The van der Waals surface area contributed by atoms with Crippen molar-refractivity contribution in [2.75, 3.05) is 0 Å². The molecule has 5 rings (SSSR count). The van der Waals surface area contributed by atoms with Crippen molar-refractivity contribution in [2.45, 2.75) is 25.7 Å². The van der Waals surface area contributed by atoms with Crippen LogP contribution in [0, 0.1) is 23.0 Å². The standard InChI is InChI=1S/C26H17ClF2N2O3/c1-26(2,7-8-30)24-22-16-5-3-13(25(32)33)9-20(16)34-21-11-14(27)10-19(23(21)22)31(24)15-4-6-17(28)18(29)12-15/h3-6,9-12H,7H2,1-2H3,(H,32,33). The third-order valence-electron chi connectivity index (χ3n) is 6.04. The minimum Gasteiger partial charge on any atom is -0.478 e. The van der Waals surface area contributed by atoms with Crippen molar-refractivity contribution < 1.29 is 23.4 Å². The van der Waals surface area contributed by atoms with Gasteiger partial charge >= 0.3 is 5.97 Å². The van der Waals surface area contributed by atoms with Gasteiger partial charge in [-0.1, -0.05) is 25.4 Å². The smallest absolute Gasteiger partial charge is 0.335 e. The fourth-order valence-corrected chi connectivity index (χ4v) is 4.77. The number of hydrogen-bond acceptors (Lipinski definition) is 3. The van der Waals surface area contributed by atoms with Crippen molar-refractivity contribution in [1.29, 1.82) is 5.26 Å². The van der Waals surface area contributed by atoms with Gasteiger partial charge in [0.1, 0.15) is 11.5 Å². The van der Waals surface area contributed by atoms with Gasteiger partial charge in [-0.05, 0) is 36.4 Å². The number of carbonyl (C=O) groups is 1. The molecule has 1 aromatic heterocycles. The molecule has 0 fully saturated rings. The molecule has 34 heavy (non-hydrogen) atoms. The average Bonchev–Trinajstić information content (AvgIpc) is 3.12. The fourth-order valence-electron chi connectivity index (χ4n) is 4.57. The maximum absolute atomic E-state index is 14.3. The Morgan fingerprint density at radius 2 is 1.88 bits per heavy atom. The Hall–Kier alpha value is -3.89. The molecule has 0 aliphatic carbocycles. The summed E-state index contributed by atoms with van der Waals surface area (Å²) >= 11 is 6.41. The Balaban J connectivity index is 1.97. The maximum Gasteiger partial charge on any atom is 0.335 e. The Labute approximate surface area is 198 Å². The van der Waals surface area contributed by atoms with Gasteiger partial charge in [0, 0.05) is 51.5 Å². The van der Waals surface area contributed by atoms with Gasteiger partial charge in [0.05, 0.1) is 22.5 Å². The number of carboxylic acid groups (broad SMARTS) is 1. The number of aromatic nitrogens is 1. The van der Waals surface area contributed by atoms with Gasteiger partial charge in [0.2, 0.25) is 0 Å². The average molecular weight is 479 g/mol. The molecule has 2 heterocycles. The maximum atomic E-state index is 14.3. The van der Waals surface area contributed by atoms with Gasteiger partial charge in [-0.2, -0.15) is 5.26 Å². The molecule has 5 nitrogen and oxygen atoms in total. The van der Waals surface area contributed by atoms with Crippen LogP contribution in [0.4, 0.5) is 8.78 Å². The van der Waals surface area contributed by atoms with Crippen LogP contribution in [0.5, 0.6) is 11.5 Å². The Morgan fingerprint density at radius 1 is 1.12 bits per heavy atom. The van der Waals surface area contributed by atoms with E-state index in [0.717, 1.165) is 17.7 Å². The lowest BCUT2D eigenvalue weighted by molar-refractivity contribution is 0.0696. The number of aromatic carboxylic acids is 1. The summed E-state index contributed by atoms with van der Waals surface area (Å²) in [7, 11) is 0. The van der Waals surface area contributed by atoms with Gasteiger partial charge in [-0.3, -0.25) is 0 Å². The molecule has 170 valence electrons. The van der Waals surface area contributed by atoms with Crippen LogP contribution < -0.4 is 4.74 Å². The molecule has 0 saturated heterocycles. The zero-order chi connectivity index (χ0) is 24.4. The van der Waals surface area contributed by atoms with E-state index in [1.165, 1.54) is 18.2 Å². The lowest BCUT2D eigenvalue weighted by atomic mass is 9.81. The Kier molecular flexibility index (Phi) is 4.88. The van der Waals surface area contributed by atoms with E-state index in [4.69, 9.17) is 16.3 Å². The van der Waals surface area contributed by atoms with Crippen LogP contribution in [0.1, 0.15) is 36.3 Å². The number of benzene rings is 3. The Morgan fingerprint density at radius 3 is 2.56 bits per heavy atom. The van der Waals surface area contributed by atoms with Gasteiger partial charge in [0.15, 0.2) is 11.6 Å². The number of ether oxygens (including phenoxy) is 1. The van der Waals surface area contributed by atoms with Crippen LogP contribution in [0.2, 0.25) is 5.02 Å². The SMILES string of the molecule is CC(C)(CC#N)c1c2c3c(cc(Cl)cc3n1-c1ccc(F)c(F)c1)Oc1cc(C(=O)O)ccc1-2. The molecular formula is C26H17ClF2N2O3. The number of nitriles is 1. The predicted octanol–water partition coefficient (Wildman–Crippen LogP) is 7.22. The number of nitrogens with zero attached hydrogens (tertiary/aromatic N) is 2. The zero-order valence-corrected chi connectivity index (χ0v) is 18.9. The van der Waals surface area contributed by atoms with E-state index in [2.05, 4.69) is 6.07 Å².